The van der Waals surface area contributed by atoms with Gasteiger partial charge < -0.3 is 31.3 Å². The number of amides is 3. The van der Waals surface area contributed by atoms with Crippen molar-refractivity contribution in [1.29, 1.82) is 0 Å². The number of aliphatic hydroxyl groups excluding tert-OH is 1. The zero-order chi connectivity index (χ0) is 52.0. The number of carbonyl (C=O) groups is 3. The molecular weight excluding hydrogens is 891 g/mol. The fraction of sp³-hybridized carbons (Fsp3) is 0.952. The number of rotatable bonds is 58. The predicted octanol–water partition coefficient (Wildman–Crippen LogP) is 16.9. The highest BCUT2D eigenvalue weighted by Crippen LogP contribution is 2.15. The summed E-state index contributed by atoms with van der Waals surface area (Å²) in [6.07, 6.45) is 57.6. The first-order valence-corrected chi connectivity index (χ1v) is 31.8. The minimum absolute atomic E-state index is 0. The van der Waals surface area contributed by atoms with E-state index < -0.39 is 0 Å². The average molecular weight is 1020 g/mol. The zero-order valence-corrected chi connectivity index (χ0v) is 48.5. The van der Waals surface area contributed by atoms with E-state index in [-0.39, 0.29) is 31.8 Å². The van der Waals surface area contributed by atoms with Gasteiger partial charge in [0.2, 0.25) is 17.7 Å². The van der Waals surface area contributed by atoms with E-state index in [9.17, 15) is 14.4 Å². The van der Waals surface area contributed by atoms with Crippen molar-refractivity contribution >= 4 is 17.7 Å². The maximum Gasteiger partial charge on any atom is 0.221 e. The lowest BCUT2D eigenvalue weighted by Crippen LogP contribution is -2.35. The Morgan fingerprint density at radius 1 is 0.292 bits per heavy atom. The number of hydrogen-bond acceptors (Lipinski definition) is 6. The molecule has 0 aliphatic carbocycles. The van der Waals surface area contributed by atoms with Gasteiger partial charge >= 0.3 is 0 Å². The van der Waals surface area contributed by atoms with Gasteiger partial charge in [0.15, 0.2) is 0 Å². The number of nitrogens with zero attached hydrogens (tertiary/aromatic N) is 1. The average Bonchev–Trinajstić information content (AvgIpc) is 3.37. The molecule has 0 atom stereocenters. The van der Waals surface area contributed by atoms with Crippen molar-refractivity contribution in [2.75, 3.05) is 59.0 Å². The van der Waals surface area contributed by atoms with Crippen molar-refractivity contribution in [3.05, 3.63) is 0 Å². The minimum Gasteiger partial charge on any atom is -0.396 e. The fourth-order valence-corrected chi connectivity index (χ4v) is 9.33. The third-order valence-electron chi connectivity index (χ3n) is 14.2. The number of hydrogen-bond donors (Lipinski definition) is 5. The van der Waals surface area contributed by atoms with Crippen LogP contribution in [-0.2, 0) is 14.4 Å². The molecule has 0 saturated carbocycles. The van der Waals surface area contributed by atoms with Crippen LogP contribution in [0.5, 0.6) is 0 Å². The van der Waals surface area contributed by atoms with Gasteiger partial charge in [-0.25, -0.2) is 0 Å². The van der Waals surface area contributed by atoms with Crippen molar-refractivity contribution in [1.82, 2.24) is 26.2 Å². The van der Waals surface area contributed by atoms with E-state index in [1.54, 1.807) is 0 Å². The van der Waals surface area contributed by atoms with Gasteiger partial charge in [0, 0.05) is 65.1 Å². The summed E-state index contributed by atoms with van der Waals surface area (Å²) in [4.78, 5) is 38.9. The van der Waals surface area contributed by atoms with E-state index in [0.29, 0.717) is 32.4 Å². The lowest BCUT2D eigenvalue weighted by atomic mass is 10.1. The molecule has 0 heterocycles. The Morgan fingerprint density at radius 3 is 0.847 bits per heavy atom. The zero-order valence-electron chi connectivity index (χ0n) is 48.5. The summed E-state index contributed by atoms with van der Waals surface area (Å²) in [7, 11) is 0. The molecule has 0 aromatic carbocycles. The van der Waals surface area contributed by atoms with Crippen molar-refractivity contribution in [2.24, 2.45) is 0 Å². The minimum atomic E-state index is 0. The highest BCUT2D eigenvalue weighted by Gasteiger charge is 2.11. The molecule has 9 nitrogen and oxygen atoms in total. The summed E-state index contributed by atoms with van der Waals surface area (Å²) in [5.41, 5.74) is 0. The van der Waals surface area contributed by atoms with E-state index >= 15 is 0 Å². The van der Waals surface area contributed by atoms with Crippen molar-refractivity contribution in [2.45, 2.75) is 330 Å². The Hall–Kier alpha value is -1.71. The fourth-order valence-electron chi connectivity index (χ4n) is 9.33. The Balaban J connectivity index is -0.00000150. The van der Waals surface area contributed by atoms with Crippen LogP contribution in [0.15, 0.2) is 0 Å². The maximum atomic E-state index is 12.5. The Kier molecular flexibility index (Phi) is 69.7. The smallest absolute Gasteiger partial charge is 0.221 e. The summed E-state index contributed by atoms with van der Waals surface area (Å²) in [5.74, 6) is 0.443. The van der Waals surface area contributed by atoms with E-state index in [4.69, 9.17) is 5.11 Å². The van der Waals surface area contributed by atoms with Gasteiger partial charge in [-0.1, -0.05) is 266 Å². The Labute approximate surface area is 451 Å². The molecule has 9 heteroatoms. The van der Waals surface area contributed by atoms with Gasteiger partial charge in [-0.2, -0.15) is 0 Å². The van der Waals surface area contributed by atoms with Gasteiger partial charge in [-0.05, 0) is 58.0 Å². The predicted molar refractivity (Wildman–Crippen MR) is 317 cm³/mol. The van der Waals surface area contributed by atoms with Crippen LogP contribution in [0.3, 0.4) is 0 Å². The molecule has 0 aromatic rings. The van der Waals surface area contributed by atoms with Crippen molar-refractivity contribution < 1.29 is 19.5 Å². The maximum absolute atomic E-state index is 12.5. The summed E-state index contributed by atoms with van der Waals surface area (Å²) in [5, 5.41) is 21.7. The van der Waals surface area contributed by atoms with Gasteiger partial charge in [-0.3, -0.25) is 14.4 Å². The SMILES string of the molecule is C.CCCCCCCCCCCCCCNC(=O)CCN(CCCCCO)CCC(=O)NCCCCCCCCCCCCCC.CCCCCCCCCCCCCCNC(=O)CCNCCCCCC. The largest absolute Gasteiger partial charge is 0.396 e. The third-order valence-corrected chi connectivity index (χ3v) is 14.2. The van der Waals surface area contributed by atoms with Gasteiger partial charge in [0.25, 0.3) is 0 Å². The second-order valence-corrected chi connectivity index (χ2v) is 21.4. The molecule has 0 saturated heterocycles. The molecule has 0 fully saturated rings. The van der Waals surface area contributed by atoms with Gasteiger partial charge in [-0.15, -0.1) is 0 Å². The van der Waals surface area contributed by atoms with E-state index in [0.717, 1.165) is 77.8 Å². The standard InChI is InChI=1S/C39H79N3O3.C23H48N2O.CH4/c1-3-5-7-9-11-13-15-17-19-21-23-26-32-40-38(44)30-35-42(34-28-25-29-37-43)36-31-39(45)41-33-27-24-22-20-18-16-14-12-10-8-6-4-2;1-3-5-7-9-10-11-12-13-14-15-16-18-21-25-23(26)19-22-24-20-17-8-6-4-2;/h43H,3-37H2,1-2H3,(H,40,44)(H,41,45);24H,3-22H2,1-2H3,(H,25,26);1H4. The molecule has 5 N–H and O–H groups in total. The van der Waals surface area contributed by atoms with Crippen LogP contribution in [0.1, 0.15) is 330 Å². The molecule has 0 aliphatic heterocycles. The monoisotopic (exact) mass is 1020 g/mol. The van der Waals surface area contributed by atoms with E-state index in [1.165, 1.54) is 238 Å². The normalized spacial score (nSPS) is 11.1. The van der Waals surface area contributed by atoms with Crippen LogP contribution in [0.2, 0.25) is 0 Å². The molecule has 0 aromatic heterocycles. The lowest BCUT2D eigenvalue weighted by Gasteiger charge is -2.22. The highest BCUT2D eigenvalue weighted by molar-refractivity contribution is 5.77. The molecule has 0 bridgehead atoms. The molecule has 0 aliphatic rings. The Morgan fingerprint density at radius 2 is 0.542 bits per heavy atom. The molecule has 0 rings (SSSR count). The Bertz CT molecular complexity index is 1000. The highest BCUT2D eigenvalue weighted by atomic mass is 16.3. The first kappa shape index (κ1) is 74.5. The molecule has 0 spiro atoms. The second-order valence-electron chi connectivity index (χ2n) is 21.4. The summed E-state index contributed by atoms with van der Waals surface area (Å²) in [6.45, 7) is 15.8. The van der Waals surface area contributed by atoms with Crippen LogP contribution in [0.25, 0.3) is 0 Å². The number of carbonyl (C=O) groups excluding carboxylic acids is 3. The van der Waals surface area contributed by atoms with Crippen molar-refractivity contribution in [3.63, 3.8) is 0 Å². The molecule has 0 radical (unpaired) electrons. The molecular formula is C63H131N5O4. The topological polar surface area (TPSA) is 123 Å². The van der Waals surface area contributed by atoms with Gasteiger partial charge in [0.1, 0.15) is 0 Å². The van der Waals surface area contributed by atoms with E-state index in [1.807, 2.05) is 0 Å². The van der Waals surface area contributed by atoms with Crippen LogP contribution < -0.4 is 21.3 Å². The molecule has 3 amide bonds. The van der Waals surface area contributed by atoms with Crippen molar-refractivity contribution in [3.8, 4) is 0 Å². The summed E-state index contributed by atoms with van der Waals surface area (Å²) < 4.78 is 0. The van der Waals surface area contributed by atoms with Crippen LogP contribution >= 0.6 is 0 Å². The lowest BCUT2D eigenvalue weighted by molar-refractivity contribution is -0.122. The quantitative estimate of drug-likeness (QED) is 0.0387. The molecule has 0 unspecified atom stereocenters. The third kappa shape index (κ3) is 66.3. The number of unbranched alkanes of at least 4 members (excludes halogenated alkanes) is 38. The number of aliphatic hydroxyl groups is 1. The second kappa shape index (κ2) is 67.3. The van der Waals surface area contributed by atoms with E-state index in [2.05, 4.69) is 53.9 Å². The van der Waals surface area contributed by atoms with Crippen LogP contribution in [0, 0.1) is 0 Å². The van der Waals surface area contributed by atoms with Crippen LogP contribution in [0.4, 0.5) is 0 Å². The first-order chi connectivity index (χ1) is 34.9. The summed E-state index contributed by atoms with van der Waals surface area (Å²) in [6, 6.07) is 0. The first-order valence-electron chi connectivity index (χ1n) is 31.8. The molecule has 432 valence electrons. The number of nitrogens with one attached hydrogen (secondary N) is 4. The van der Waals surface area contributed by atoms with Gasteiger partial charge in [0.05, 0.1) is 0 Å². The molecule has 72 heavy (non-hydrogen) atoms. The summed E-state index contributed by atoms with van der Waals surface area (Å²) >= 11 is 0. The van der Waals surface area contributed by atoms with Crippen LogP contribution in [-0.4, -0.2) is 86.7 Å².